The third-order valence-corrected chi connectivity index (χ3v) is 4.16. The Labute approximate surface area is 153 Å². The molecule has 6 nitrogen and oxygen atoms in total. The highest BCUT2D eigenvalue weighted by Crippen LogP contribution is 2.13. The van der Waals surface area contributed by atoms with Crippen LogP contribution in [0, 0.1) is 13.8 Å². The van der Waals surface area contributed by atoms with Crippen molar-refractivity contribution in [2.24, 2.45) is 0 Å². The molecule has 2 aromatic rings. The number of anilines is 1. The molecule has 0 bridgehead atoms. The molecule has 2 N–H and O–H groups in total. The topological polar surface area (TPSA) is 68.2 Å². The lowest BCUT2D eigenvalue weighted by Crippen LogP contribution is -2.28. The monoisotopic (exact) mass is 360 g/mol. The molecule has 0 unspecified atom stereocenters. The summed E-state index contributed by atoms with van der Waals surface area (Å²) in [6, 6.07) is 7.02. The van der Waals surface area contributed by atoms with Crippen LogP contribution in [0.2, 0.25) is 0 Å². The number of aromatic nitrogens is 2. The molecule has 0 amide bonds. The van der Waals surface area contributed by atoms with E-state index in [1.165, 1.54) is 0 Å². The predicted molar refractivity (Wildman–Crippen MR) is 103 cm³/mol. The Kier molecular flexibility index (Phi) is 6.52. The maximum absolute atomic E-state index is 11.6. The summed E-state index contributed by atoms with van der Waals surface area (Å²) in [7, 11) is 0. The van der Waals surface area contributed by atoms with Gasteiger partial charge in [-0.05, 0) is 64.2 Å². The molecule has 1 aromatic heterocycles. The van der Waals surface area contributed by atoms with Gasteiger partial charge in [-0.3, -0.25) is 4.68 Å². The van der Waals surface area contributed by atoms with Crippen molar-refractivity contribution in [3.63, 3.8) is 0 Å². The van der Waals surface area contributed by atoms with Gasteiger partial charge in [0.05, 0.1) is 17.9 Å². The molecule has 2 rings (SSSR count). The highest BCUT2D eigenvalue weighted by atomic mass is 32.1. The Morgan fingerprint density at radius 2 is 1.92 bits per heavy atom. The van der Waals surface area contributed by atoms with Crippen molar-refractivity contribution in [3.8, 4) is 0 Å². The second kappa shape index (κ2) is 8.62. The number of rotatable bonds is 6. The van der Waals surface area contributed by atoms with Crippen molar-refractivity contribution in [1.82, 2.24) is 15.1 Å². The van der Waals surface area contributed by atoms with E-state index in [0.717, 1.165) is 29.2 Å². The summed E-state index contributed by atoms with van der Waals surface area (Å²) in [5.74, 6) is -0.325. The van der Waals surface area contributed by atoms with Gasteiger partial charge in [-0.15, -0.1) is 0 Å². The van der Waals surface area contributed by atoms with Gasteiger partial charge in [0.1, 0.15) is 0 Å². The van der Waals surface area contributed by atoms with Gasteiger partial charge in [-0.25, -0.2) is 4.79 Å². The number of benzene rings is 1. The van der Waals surface area contributed by atoms with Crippen molar-refractivity contribution in [2.75, 3.05) is 11.9 Å². The van der Waals surface area contributed by atoms with Gasteiger partial charge in [-0.2, -0.15) is 5.10 Å². The first-order valence-corrected chi connectivity index (χ1v) is 8.72. The van der Waals surface area contributed by atoms with Gasteiger partial charge in [0, 0.05) is 30.0 Å². The minimum atomic E-state index is -0.325. The number of thiocarbonyl (C=S) groups is 1. The standard InChI is InChI=1S/C18H24N4O2S/c1-5-22-13(4)16(12(3)21-22)11-19-18(25)20-15-9-7-14(8-10-15)17(23)24-6-2/h7-10H,5-6,11H2,1-4H3,(H2,19,20,25). The number of hydrogen-bond donors (Lipinski definition) is 2. The van der Waals surface area contributed by atoms with Crippen molar-refractivity contribution in [2.45, 2.75) is 40.8 Å². The number of aryl methyl sites for hydroxylation is 2. The summed E-state index contributed by atoms with van der Waals surface area (Å²) < 4.78 is 6.95. The van der Waals surface area contributed by atoms with Crippen LogP contribution in [0.1, 0.15) is 41.2 Å². The normalized spacial score (nSPS) is 10.4. The number of esters is 1. The lowest BCUT2D eigenvalue weighted by molar-refractivity contribution is 0.0526. The lowest BCUT2D eigenvalue weighted by Gasteiger charge is -2.11. The Morgan fingerprint density at radius 1 is 1.24 bits per heavy atom. The quantitative estimate of drug-likeness (QED) is 0.609. The number of nitrogens with zero attached hydrogens (tertiary/aromatic N) is 2. The predicted octanol–water partition coefficient (Wildman–Crippen LogP) is 3.18. The molecule has 7 heteroatoms. The summed E-state index contributed by atoms with van der Waals surface area (Å²) in [6.07, 6.45) is 0. The SMILES string of the molecule is CCOC(=O)c1ccc(NC(=S)NCc2c(C)nn(CC)c2C)cc1. The molecule has 0 aliphatic carbocycles. The Bertz CT molecular complexity index is 753. The van der Waals surface area contributed by atoms with E-state index in [0.29, 0.717) is 23.8 Å². The maximum Gasteiger partial charge on any atom is 0.338 e. The van der Waals surface area contributed by atoms with E-state index in [1.807, 2.05) is 11.6 Å². The zero-order valence-electron chi connectivity index (χ0n) is 15.0. The van der Waals surface area contributed by atoms with Crippen LogP contribution in [0.15, 0.2) is 24.3 Å². The summed E-state index contributed by atoms with van der Waals surface area (Å²) in [5.41, 5.74) is 4.64. The van der Waals surface area contributed by atoms with Gasteiger partial charge in [-0.1, -0.05) is 0 Å². The average molecular weight is 360 g/mol. The fraction of sp³-hybridized carbons (Fsp3) is 0.389. The van der Waals surface area contributed by atoms with E-state index in [4.69, 9.17) is 17.0 Å². The van der Waals surface area contributed by atoms with Crippen molar-refractivity contribution in [1.29, 1.82) is 0 Å². The largest absolute Gasteiger partial charge is 0.462 e. The number of hydrogen-bond acceptors (Lipinski definition) is 4. The highest BCUT2D eigenvalue weighted by Gasteiger charge is 2.11. The molecule has 25 heavy (non-hydrogen) atoms. The Balaban J connectivity index is 1.92. The third kappa shape index (κ3) is 4.79. The average Bonchev–Trinajstić information content (AvgIpc) is 2.87. The zero-order valence-corrected chi connectivity index (χ0v) is 15.9. The Hall–Kier alpha value is -2.41. The van der Waals surface area contributed by atoms with Crippen molar-refractivity contribution < 1.29 is 9.53 Å². The van der Waals surface area contributed by atoms with E-state index < -0.39 is 0 Å². The first kappa shape index (κ1) is 18.9. The summed E-state index contributed by atoms with van der Waals surface area (Å²) >= 11 is 5.34. The smallest absolute Gasteiger partial charge is 0.338 e. The van der Waals surface area contributed by atoms with E-state index in [-0.39, 0.29) is 5.97 Å². The van der Waals surface area contributed by atoms with Gasteiger partial charge in [0.15, 0.2) is 5.11 Å². The summed E-state index contributed by atoms with van der Waals surface area (Å²) in [5, 5.41) is 11.3. The van der Waals surface area contributed by atoms with E-state index in [9.17, 15) is 4.79 Å². The van der Waals surface area contributed by atoms with Crippen LogP contribution in [0.5, 0.6) is 0 Å². The fourth-order valence-corrected chi connectivity index (χ4v) is 2.74. The van der Waals surface area contributed by atoms with Crippen LogP contribution in [0.4, 0.5) is 5.69 Å². The van der Waals surface area contributed by atoms with Gasteiger partial charge >= 0.3 is 5.97 Å². The number of ether oxygens (including phenoxy) is 1. The summed E-state index contributed by atoms with van der Waals surface area (Å²) in [4.78, 5) is 11.6. The van der Waals surface area contributed by atoms with E-state index in [2.05, 4.69) is 29.6 Å². The molecule has 0 radical (unpaired) electrons. The minimum absolute atomic E-state index is 0.325. The van der Waals surface area contributed by atoms with E-state index in [1.54, 1.807) is 31.2 Å². The van der Waals surface area contributed by atoms with Crippen LogP contribution in [0.3, 0.4) is 0 Å². The van der Waals surface area contributed by atoms with Crippen LogP contribution in [0.25, 0.3) is 0 Å². The molecule has 1 aromatic carbocycles. The molecule has 0 saturated heterocycles. The third-order valence-electron chi connectivity index (χ3n) is 3.91. The molecule has 1 heterocycles. The van der Waals surface area contributed by atoms with E-state index >= 15 is 0 Å². The first-order valence-electron chi connectivity index (χ1n) is 8.31. The molecule has 134 valence electrons. The fourth-order valence-electron chi connectivity index (χ4n) is 2.55. The molecule has 0 aliphatic rings. The Morgan fingerprint density at radius 3 is 2.48 bits per heavy atom. The molecule has 0 atom stereocenters. The van der Waals surface area contributed by atoms with Crippen LogP contribution in [-0.2, 0) is 17.8 Å². The second-order valence-electron chi connectivity index (χ2n) is 5.57. The molecular formula is C18H24N4O2S. The van der Waals surface area contributed by atoms with Crippen LogP contribution >= 0.6 is 12.2 Å². The second-order valence-corrected chi connectivity index (χ2v) is 5.98. The zero-order chi connectivity index (χ0) is 18.4. The van der Waals surface area contributed by atoms with Crippen molar-refractivity contribution in [3.05, 3.63) is 46.8 Å². The molecule has 0 saturated carbocycles. The molecule has 0 aliphatic heterocycles. The lowest BCUT2D eigenvalue weighted by atomic mass is 10.2. The number of carbonyl (C=O) groups is 1. The van der Waals surface area contributed by atoms with Crippen LogP contribution < -0.4 is 10.6 Å². The van der Waals surface area contributed by atoms with Crippen LogP contribution in [-0.4, -0.2) is 27.5 Å². The van der Waals surface area contributed by atoms with Gasteiger partial charge in [0.25, 0.3) is 0 Å². The maximum atomic E-state index is 11.6. The molecule has 0 fully saturated rings. The van der Waals surface area contributed by atoms with Gasteiger partial charge < -0.3 is 15.4 Å². The van der Waals surface area contributed by atoms with Gasteiger partial charge in [0.2, 0.25) is 0 Å². The number of carbonyl (C=O) groups excluding carboxylic acids is 1. The molecule has 0 spiro atoms. The minimum Gasteiger partial charge on any atom is -0.462 e. The van der Waals surface area contributed by atoms with Crippen molar-refractivity contribution >= 4 is 29.0 Å². The molecular weight excluding hydrogens is 336 g/mol. The number of nitrogens with one attached hydrogen (secondary N) is 2. The first-order chi connectivity index (χ1) is 12.0. The highest BCUT2D eigenvalue weighted by molar-refractivity contribution is 7.80. The summed E-state index contributed by atoms with van der Waals surface area (Å²) in [6.45, 7) is 9.74.